The van der Waals surface area contributed by atoms with E-state index in [-0.39, 0.29) is 77.7 Å². The van der Waals surface area contributed by atoms with E-state index in [1.807, 2.05) is 0 Å². The molecule has 228 valence electrons. The lowest BCUT2D eigenvalue weighted by molar-refractivity contribution is 0.672. The molecule has 1 aromatic heterocycles. The first-order chi connectivity index (χ1) is 31.4. The zero-order valence-electron chi connectivity index (χ0n) is 42.4. The smallest absolute Gasteiger partial charge is 0.143 e. The molecule has 49 heavy (non-hydrogen) atoms. The molecule has 1 nitrogen and oxygen atoms in total. The molecule has 0 saturated carbocycles. The van der Waals surface area contributed by atoms with Crippen LogP contribution in [0, 0.1) is 0 Å². The molecule has 0 aliphatic rings. The van der Waals surface area contributed by atoms with Gasteiger partial charge < -0.3 is 4.42 Å². The predicted octanol–water partition coefficient (Wildman–Crippen LogP) is 13.7. The molecule has 0 bridgehead atoms. The van der Waals surface area contributed by atoms with E-state index in [1.54, 1.807) is 78.9 Å². The van der Waals surface area contributed by atoms with Gasteiger partial charge in [0.25, 0.3) is 0 Å². The third-order valence-corrected chi connectivity index (χ3v) is 8.74. The summed E-state index contributed by atoms with van der Waals surface area (Å²) in [4.78, 5) is 0. The van der Waals surface area contributed by atoms with Crippen LogP contribution in [-0.4, -0.2) is 0 Å². The Morgan fingerprint density at radius 2 is 0.959 bits per heavy atom. The Labute approximate surface area is 308 Å². The lowest BCUT2D eigenvalue weighted by Crippen LogP contribution is -1.92. The Hall–Kier alpha value is -6.44. The average molecular weight is 640 g/mol. The monoisotopic (exact) mass is 639 g/mol. The van der Waals surface area contributed by atoms with Gasteiger partial charge in [0.2, 0.25) is 0 Å². The van der Waals surface area contributed by atoms with Gasteiger partial charge in [0, 0.05) is 16.2 Å². The molecule has 10 rings (SSSR count). The maximum Gasteiger partial charge on any atom is 0.143 e. The van der Waals surface area contributed by atoms with Crippen molar-refractivity contribution >= 4 is 54.3 Å². The second-order valence-electron chi connectivity index (χ2n) is 11.5. The van der Waals surface area contributed by atoms with Crippen LogP contribution in [0.4, 0.5) is 0 Å². The van der Waals surface area contributed by atoms with Crippen LogP contribution < -0.4 is 0 Å². The molecule has 0 aliphatic carbocycles. The summed E-state index contributed by atoms with van der Waals surface area (Å²) in [6, 6.07) is 12.8. The Morgan fingerprint density at radius 3 is 1.69 bits per heavy atom. The summed E-state index contributed by atoms with van der Waals surface area (Å²) in [6.45, 7) is 0. The van der Waals surface area contributed by atoms with Crippen molar-refractivity contribution in [3.63, 3.8) is 0 Å². The second kappa shape index (κ2) is 11.1. The third kappa shape index (κ3) is 4.40. The molecule has 0 N–H and O–H groups in total. The average Bonchev–Trinajstić information content (AvgIpc) is 3.73. The summed E-state index contributed by atoms with van der Waals surface area (Å²) >= 11 is 0. The van der Waals surface area contributed by atoms with Crippen LogP contribution >= 0.6 is 0 Å². The van der Waals surface area contributed by atoms with E-state index in [9.17, 15) is 9.60 Å². The van der Waals surface area contributed by atoms with E-state index in [0.29, 0.717) is 27.1 Å². The summed E-state index contributed by atoms with van der Waals surface area (Å²) in [7, 11) is 0. The lowest BCUT2D eigenvalue weighted by atomic mass is 9.83. The van der Waals surface area contributed by atoms with Gasteiger partial charge in [-0.1, -0.05) is 163 Å². The first kappa shape index (κ1) is 15.6. The molecule has 0 atom stereocenters. The summed E-state index contributed by atoms with van der Waals surface area (Å²) in [6.07, 6.45) is 0. The van der Waals surface area contributed by atoms with E-state index in [2.05, 4.69) is 0 Å². The summed E-state index contributed by atoms with van der Waals surface area (Å²) < 4.78 is 160. The molecule has 0 unspecified atom stereocenters. The molecular formula is C48H30O. The van der Waals surface area contributed by atoms with Crippen LogP contribution in [0.15, 0.2) is 186 Å². The minimum absolute atomic E-state index is 0.0135. The van der Waals surface area contributed by atoms with Crippen molar-refractivity contribution < 1.29 is 27.7 Å². The van der Waals surface area contributed by atoms with Crippen LogP contribution in [0.1, 0.15) is 23.3 Å². The molecule has 1 heterocycles. The molecule has 0 radical (unpaired) electrons. The van der Waals surface area contributed by atoms with Crippen molar-refractivity contribution in [1.82, 2.24) is 0 Å². The second-order valence-corrected chi connectivity index (χ2v) is 11.5. The molecule has 0 fully saturated rings. The summed E-state index contributed by atoms with van der Waals surface area (Å²) in [5.41, 5.74) is -0.474. The highest BCUT2D eigenvalue weighted by Crippen LogP contribution is 2.47. The van der Waals surface area contributed by atoms with Gasteiger partial charge in [-0.05, 0) is 89.6 Å². The first-order valence-corrected chi connectivity index (χ1v) is 15.5. The van der Waals surface area contributed by atoms with Crippen molar-refractivity contribution in [2.24, 2.45) is 0 Å². The van der Waals surface area contributed by atoms with Crippen LogP contribution in [0.3, 0.4) is 0 Å². The Bertz CT molecular complexity index is 3760. The fraction of sp³-hybridized carbons (Fsp3) is 0. The molecule has 0 amide bonds. The molecule has 1 heteroatoms. The highest BCUT2D eigenvalue weighted by molar-refractivity contribution is 6.23. The van der Waals surface area contributed by atoms with E-state index >= 15 is 0 Å². The van der Waals surface area contributed by atoms with Crippen LogP contribution in [-0.2, 0) is 0 Å². The van der Waals surface area contributed by atoms with Crippen molar-refractivity contribution in [2.45, 2.75) is 0 Å². The molecule has 0 spiro atoms. The standard InChI is InChI=1S/C48H30O/c1-2-12-31(13-3-1)32-22-24-34(25-23-32)36-15-6-7-17-38(36)47-41-20-10-8-18-39(41)46(40-19-9-11-21-42(40)47)35-27-29-45-44(30-35)43-28-26-33-14-4-5-16-37(33)48(43)49-45/h1-30H/i4D,5D,6D,7D,14D,15D,16D,17D,22D,23D,24D,25D,26D,27D,28D,29D,30D. The van der Waals surface area contributed by atoms with Gasteiger partial charge in [0.05, 0.1) is 23.3 Å². The van der Waals surface area contributed by atoms with Gasteiger partial charge in [-0.15, -0.1) is 0 Å². The van der Waals surface area contributed by atoms with Gasteiger partial charge >= 0.3 is 0 Å². The third-order valence-electron chi connectivity index (χ3n) is 8.74. The van der Waals surface area contributed by atoms with Crippen molar-refractivity contribution in [3.8, 4) is 44.5 Å². The Balaban J connectivity index is 1.36. The number of benzene rings is 9. The van der Waals surface area contributed by atoms with E-state index in [0.717, 1.165) is 0 Å². The van der Waals surface area contributed by atoms with E-state index in [4.69, 9.17) is 18.1 Å². The highest BCUT2D eigenvalue weighted by Gasteiger charge is 2.20. The fourth-order valence-electron chi connectivity index (χ4n) is 6.58. The topological polar surface area (TPSA) is 13.1 Å². The zero-order valence-corrected chi connectivity index (χ0v) is 25.4. The highest BCUT2D eigenvalue weighted by atomic mass is 16.3. The van der Waals surface area contributed by atoms with Gasteiger partial charge in [-0.2, -0.15) is 0 Å². The number of hydrogen-bond donors (Lipinski definition) is 0. The first-order valence-electron chi connectivity index (χ1n) is 24.0. The van der Waals surface area contributed by atoms with Gasteiger partial charge in [0.1, 0.15) is 11.2 Å². The summed E-state index contributed by atoms with van der Waals surface area (Å²) in [5.74, 6) is 0. The quantitative estimate of drug-likeness (QED) is 0.175. The van der Waals surface area contributed by atoms with Gasteiger partial charge in [0.15, 0.2) is 0 Å². The normalized spacial score (nSPS) is 16.5. The fourth-order valence-corrected chi connectivity index (χ4v) is 6.58. The van der Waals surface area contributed by atoms with Crippen LogP contribution in [0.5, 0.6) is 0 Å². The Morgan fingerprint density at radius 1 is 0.367 bits per heavy atom. The van der Waals surface area contributed by atoms with Crippen LogP contribution in [0.25, 0.3) is 98.8 Å². The molecular weight excluding hydrogens is 593 g/mol. The van der Waals surface area contributed by atoms with Crippen LogP contribution in [0.2, 0.25) is 0 Å². The number of rotatable bonds is 4. The molecule has 0 aliphatic heterocycles. The van der Waals surface area contributed by atoms with Gasteiger partial charge in [-0.25, -0.2) is 0 Å². The zero-order chi connectivity index (χ0) is 47.1. The Kier molecular flexibility index (Phi) is 3.54. The van der Waals surface area contributed by atoms with Crippen molar-refractivity contribution in [2.75, 3.05) is 0 Å². The molecule has 0 saturated heterocycles. The van der Waals surface area contributed by atoms with Crippen molar-refractivity contribution in [3.05, 3.63) is 182 Å². The molecule has 10 aromatic rings. The number of furan rings is 1. The van der Waals surface area contributed by atoms with E-state index in [1.165, 1.54) is 0 Å². The van der Waals surface area contributed by atoms with Crippen molar-refractivity contribution in [1.29, 1.82) is 0 Å². The van der Waals surface area contributed by atoms with Gasteiger partial charge in [-0.3, -0.25) is 0 Å². The number of hydrogen-bond acceptors (Lipinski definition) is 1. The predicted molar refractivity (Wildman–Crippen MR) is 208 cm³/mol. The maximum absolute atomic E-state index is 9.82. The van der Waals surface area contributed by atoms with E-state index < -0.39 is 96.7 Å². The molecule has 9 aromatic carbocycles. The number of fused-ring (bicyclic) bond motifs is 7. The lowest BCUT2D eigenvalue weighted by Gasteiger charge is -2.20. The minimum atomic E-state index is -0.665. The SMILES string of the molecule is [2H]c1c([2H])c([2H])c(-c2c3ccccc3c(-c3c([2H])c([2H])c4oc5c6c([2H])c([2H])c([2H])c([2H])c6c([2H])c([2H])c5c4c3[2H])c3ccccc23)c(-c2c([2H])c([2H])c(-c3ccccc3)c([2H])c2[2H])c1[2H]. The summed E-state index contributed by atoms with van der Waals surface area (Å²) in [5, 5.41) is 0.620. The largest absolute Gasteiger partial charge is 0.455 e. The maximum atomic E-state index is 9.82. The minimum Gasteiger partial charge on any atom is -0.455 e.